The minimum absolute atomic E-state index is 0.0237. The van der Waals surface area contributed by atoms with Crippen molar-refractivity contribution in [3.05, 3.63) is 71.9 Å². The summed E-state index contributed by atoms with van der Waals surface area (Å²) in [6, 6.07) is 11.2. The van der Waals surface area contributed by atoms with Crippen LogP contribution in [-0.4, -0.2) is 59.5 Å². The van der Waals surface area contributed by atoms with E-state index in [1.165, 1.54) is 38.3 Å². The molecule has 1 aromatic heterocycles. The normalized spacial score (nSPS) is 15.3. The molecule has 4 rings (SSSR count). The van der Waals surface area contributed by atoms with E-state index in [1.54, 1.807) is 25.2 Å². The van der Waals surface area contributed by atoms with E-state index in [-0.39, 0.29) is 53.8 Å². The number of sulfonamides is 1. The highest BCUT2D eigenvalue weighted by atomic mass is 32.2. The summed E-state index contributed by atoms with van der Waals surface area (Å²) in [5.41, 5.74) is 0.312. The van der Waals surface area contributed by atoms with Gasteiger partial charge in [0, 0.05) is 51.1 Å². The molecule has 3 aromatic rings. The highest BCUT2D eigenvalue weighted by molar-refractivity contribution is 7.89. The van der Waals surface area contributed by atoms with E-state index in [1.807, 2.05) is 0 Å². The molecule has 31 heavy (non-hydrogen) atoms. The monoisotopic (exact) mass is 446 g/mol. The Morgan fingerprint density at radius 3 is 2.32 bits per heavy atom. The second kappa shape index (κ2) is 8.20. The fraction of sp³-hybridized carbons (Fsp3) is 0.238. The maximum atomic E-state index is 14.3. The van der Waals surface area contributed by atoms with Crippen LogP contribution in [0.25, 0.3) is 11.3 Å². The van der Waals surface area contributed by atoms with E-state index in [0.717, 1.165) is 12.1 Å². The summed E-state index contributed by atoms with van der Waals surface area (Å²) in [6.07, 6.45) is 1.48. The standard InChI is InChI=1S/C21H20F2N4O3S/c1-25-14-18(20(24-25)17-8-7-15(22)13-19(17)23)21(28)26-9-11-27(12-10-26)31(29,30)16-5-3-2-4-6-16/h2-8,13-14H,9-12H2,1H3. The van der Waals surface area contributed by atoms with Gasteiger partial charge in [0.15, 0.2) is 0 Å². The van der Waals surface area contributed by atoms with Crippen LogP contribution in [0.4, 0.5) is 8.78 Å². The molecule has 0 saturated carbocycles. The maximum Gasteiger partial charge on any atom is 0.257 e. The number of hydrogen-bond donors (Lipinski definition) is 0. The smallest absolute Gasteiger partial charge is 0.257 e. The number of halogens is 2. The van der Waals surface area contributed by atoms with Crippen LogP contribution in [0.3, 0.4) is 0 Å². The van der Waals surface area contributed by atoms with Crippen molar-refractivity contribution in [3.63, 3.8) is 0 Å². The number of benzene rings is 2. The van der Waals surface area contributed by atoms with Crippen LogP contribution in [0.15, 0.2) is 59.6 Å². The number of piperazine rings is 1. The quantitative estimate of drug-likeness (QED) is 0.617. The van der Waals surface area contributed by atoms with E-state index in [9.17, 15) is 22.0 Å². The number of amides is 1. The second-order valence-electron chi connectivity index (χ2n) is 7.20. The first-order valence-corrected chi connectivity index (χ1v) is 11.0. The minimum atomic E-state index is -3.64. The molecular weight excluding hydrogens is 426 g/mol. The molecule has 0 bridgehead atoms. The van der Waals surface area contributed by atoms with Gasteiger partial charge in [0.25, 0.3) is 5.91 Å². The largest absolute Gasteiger partial charge is 0.336 e. The molecule has 1 saturated heterocycles. The number of nitrogens with zero attached hydrogens (tertiary/aromatic N) is 4. The molecule has 2 aromatic carbocycles. The zero-order valence-corrected chi connectivity index (χ0v) is 17.5. The van der Waals surface area contributed by atoms with Gasteiger partial charge in [-0.1, -0.05) is 18.2 Å². The van der Waals surface area contributed by atoms with Crippen LogP contribution >= 0.6 is 0 Å². The number of carbonyl (C=O) groups is 1. The van der Waals surface area contributed by atoms with Gasteiger partial charge in [0.2, 0.25) is 10.0 Å². The Hall–Kier alpha value is -3.11. The van der Waals surface area contributed by atoms with Crippen molar-refractivity contribution in [3.8, 4) is 11.3 Å². The third-order valence-corrected chi connectivity index (χ3v) is 7.07. The van der Waals surface area contributed by atoms with Crippen molar-refractivity contribution in [2.45, 2.75) is 4.90 Å². The fourth-order valence-electron chi connectivity index (χ4n) is 3.57. The number of rotatable bonds is 4. The van der Waals surface area contributed by atoms with Crippen molar-refractivity contribution in [2.75, 3.05) is 26.2 Å². The van der Waals surface area contributed by atoms with Crippen LogP contribution < -0.4 is 0 Å². The Labute approximate surface area is 178 Å². The predicted octanol–water partition coefficient (Wildman–Crippen LogP) is 2.51. The molecule has 1 aliphatic rings. The highest BCUT2D eigenvalue weighted by Crippen LogP contribution is 2.27. The second-order valence-corrected chi connectivity index (χ2v) is 9.14. The number of carbonyl (C=O) groups excluding carboxylic acids is 1. The summed E-state index contributed by atoms with van der Waals surface area (Å²) in [5, 5.41) is 4.18. The average molecular weight is 446 g/mol. The van der Waals surface area contributed by atoms with Crippen LogP contribution in [0, 0.1) is 11.6 Å². The van der Waals surface area contributed by atoms with Crippen LogP contribution in [0.5, 0.6) is 0 Å². The third kappa shape index (κ3) is 4.08. The first kappa shape index (κ1) is 21.1. The molecule has 1 fully saturated rings. The van der Waals surface area contributed by atoms with Gasteiger partial charge in [0.1, 0.15) is 17.3 Å². The van der Waals surface area contributed by atoms with Gasteiger partial charge in [-0.25, -0.2) is 17.2 Å². The summed E-state index contributed by atoms with van der Waals surface area (Å²) < 4.78 is 55.9. The molecule has 2 heterocycles. The van der Waals surface area contributed by atoms with Gasteiger partial charge in [-0.15, -0.1) is 0 Å². The lowest BCUT2D eigenvalue weighted by Gasteiger charge is -2.34. The van der Waals surface area contributed by atoms with E-state index < -0.39 is 21.7 Å². The van der Waals surface area contributed by atoms with Crippen molar-refractivity contribution >= 4 is 15.9 Å². The van der Waals surface area contributed by atoms with Gasteiger partial charge < -0.3 is 4.90 Å². The summed E-state index contributed by atoms with van der Waals surface area (Å²) >= 11 is 0. The Morgan fingerprint density at radius 1 is 1.00 bits per heavy atom. The lowest BCUT2D eigenvalue weighted by molar-refractivity contribution is 0.0698. The average Bonchev–Trinajstić information content (AvgIpc) is 3.15. The van der Waals surface area contributed by atoms with E-state index in [4.69, 9.17) is 0 Å². The molecule has 0 spiro atoms. The van der Waals surface area contributed by atoms with Gasteiger partial charge >= 0.3 is 0 Å². The Kier molecular flexibility index (Phi) is 5.59. The fourth-order valence-corrected chi connectivity index (χ4v) is 5.01. The number of aryl methyl sites for hydroxylation is 1. The van der Waals surface area contributed by atoms with Gasteiger partial charge in [-0.3, -0.25) is 9.48 Å². The molecule has 0 N–H and O–H groups in total. The van der Waals surface area contributed by atoms with Gasteiger partial charge in [-0.05, 0) is 24.3 Å². The first-order chi connectivity index (χ1) is 14.8. The lowest BCUT2D eigenvalue weighted by Crippen LogP contribution is -2.50. The van der Waals surface area contributed by atoms with Gasteiger partial charge in [0.05, 0.1) is 10.5 Å². The molecule has 0 radical (unpaired) electrons. The van der Waals surface area contributed by atoms with E-state index in [0.29, 0.717) is 0 Å². The zero-order valence-electron chi connectivity index (χ0n) is 16.7. The van der Waals surface area contributed by atoms with E-state index in [2.05, 4.69) is 5.10 Å². The summed E-state index contributed by atoms with van der Waals surface area (Å²) in [5.74, 6) is -1.92. The molecule has 0 atom stereocenters. The van der Waals surface area contributed by atoms with Crippen molar-refractivity contribution in [1.29, 1.82) is 0 Å². The number of aromatic nitrogens is 2. The molecule has 7 nitrogen and oxygen atoms in total. The lowest BCUT2D eigenvalue weighted by atomic mass is 10.1. The topological polar surface area (TPSA) is 75.5 Å². The third-order valence-electron chi connectivity index (χ3n) is 5.15. The zero-order chi connectivity index (χ0) is 22.2. The molecule has 1 aliphatic heterocycles. The summed E-state index contributed by atoms with van der Waals surface area (Å²) in [7, 11) is -2.04. The summed E-state index contributed by atoms with van der Waals surface area (Å²) in [6.45, 7) is 0.656. The van der Waals surface area contributed by atoms with Crippen LogP contribution in [0.2, 0.25) is 0 Å². The Morgan fingerprint density at radius 2 is 1.68 bits per heavy atom. The summed E-state index contributed by atoms with van der Waals surface area (Å²) in [4.78, 5) is 14.8. The Balaban J connectivity index is 1.54. The minimum Gasteiger partial charge on any atom is -0.336 e. The number of hydrogen-bond acceptors (Lipinski definition) is 4. The van der Waals surface area contributed by atoms with Crippen molar-refractivity contribution in [2.24, 2.45) is 7.05 Å². The van der Waals surface area contributed by atoms with E-state index >= 15 is 0 Å². The molecule has 162 valence electrons. The van der Waals surface area contributed by atoms with Crippen LogP contribution in [0.1, 0.15) is 10.4 Å². The van der Waals surface area contributed by atoms with Crippen molar-refractivity contribution in [1.82, 2.24) is 19.0 Å². The first-order valence-electron chi connectivity index (χ1n) is 9.61. The van der Waals surface area contributed by atoms with Crippen molar-refractivity contribution < 1.29 is 22.0 Å². The molecule has 1 amide bonds. The molecule has 10 heteroatoms. The van der Waals surface area contributed by atoms with Gasteiger partial charge in [-0.2, -0.15) is 9.40 Å². The maximum absolute atomic E-state index is 14.3. The molecule has 0 unspecified atom stereocenters. The predicted molar refractivity (Wildman–Crippen MR) is 110 cm³/mol. The SMILES string of the molecule is Cn1cc(C(=O)N2CCN(S(=O)(=O)c3ccccc3)CC2)c(-c2ccc(F)cc2F)n1. The highest BCUT2D eigenvalue weighted by Gasteiger charge is 2.32. The van der Waals surface area contributed by atoms with Crippen LogP contribution in [-0.2, 0) is 17.1 Å². The molecule has 0 aliphatic carbocycles. The molecular formula is C21H20F2N4O3S. The Bertz CT molecular complexity index is 1220.